The Bertz CT molecular complexity index is 437. The van der Waals surface area contributed by atoms with Crippen LogP contribution in [0.5, 0.6) is 0 Å². The van der Waals surface area contributed by atoms with E-state index in [1.54, 1.807) is 31.3 Å². The first-order valence-corrected chi connectivity index (χ1v) is 4.57. The van der Waals surface area contributed by atoms with Crippen LogP contribution in [-0.2, 0) is 9.59 Å². The minimum absolute atomic E-state index is 0.310. The minimum Gasteiger partial charge on any atom is -0.383 e. The monoisotopic (exact) mass is 202 g/mol. The van der Waals surface area contributed by atoms with Gasteiger partial charge in [-0.1, -0.05) is 18.2 Å². The van der Waals surface area contributed by atoms with Crippen LogP contribution in [0.4, 0.5) is 5.69 Å². The molecule has 0 saturated carbocycles. The highest BCUT2D eigenvalue weighted by atomic mass is 16.2. The number of likely N-dealkylation sites (N-methyl/N-ethyl adjacent to an activating group) is 1. The van der Waals surface area contributed by atoms with Crippen LogP contribution in [0.3, 0.4) is 0 Å². The van der Waals surface area contributed by atoms with Gasteiger partial charge in [-0.05, 0) is 12.1 Å². The number of carbonyl (C=O) groups is 2. The normalized spacial score (nSPS) is 15.5. The van der Waals surface area contributed by atoms with Crippen molar-refractivity contribution in [3.05, 3.63) is 42.1 Å². The molecule has 1 aromatic rings. The van der Waals surface area contributed by atoms with Gasteiger partial charge in [-0.15, -0.1) is 0 Å². The van der Waals surface area contributed by atoms with Gasteiger partial charge in [-0.3, -0.25) is 9.59 Å². The molecule has 76 valence electrons. The summed E-state index contributed by atoms with van der Waals surface area (Å²) < 4.78 is 0. The number of hydrogen-bond acceptors (Lipinski definition) is 3. The van der Waals surface area contributed by atoms with Crippen molar-refractivity contribution in [2.45, 2.75) is 0 Å². The minimum atomic E-state index is -0.311. The molecular formula is C11H10N2O2. The Kier molecular flexibility index (Phi) is 2.25. The molecule has 1 aromatic carbocycles. The zero-order valence-electron chi connectivity index (χ0n) is 8.23. The van der Waals surface area contributed by atoms with E-state index in [1.807, 2.05) is 6.07 Å². The third-order valence-corrected chi connectivity index (χ3v) is 2.21. The fourth-order valence-corrected chi connectivity index (χ4v) is 1.47. The summed E-state index contributed by atoms with van der Waals surface area (Å²) in [7, 11) is 1.62. The van der Waals surface area contributed by atoms with Crippen LogP contribution in [0.2, 0.25) is 0 Å². The van der Waals surface area contributed by atoms with Gasteiger partial charge < -0.3 is 5.32 Å². The predicted octanol–water partition coefficient (Wildman–Crippen LogP) is 0.663. The Hall–Kier alpha value is -2.10. The van der Waals surface area contributed by atoms with Gasteiger partial charge in [-0.25, -0.2) is 4.90 Å². The van der Waals surface area contributed by atoms with Gasteiger partial charge in [0.05, 0.1) is 5.69 Å². The zero-order chi connectivity index (χ0) is 10.8. The first kappa shape index (κ1) is 9.45. The second-order valence-corrected chi connectivity index (χ2v) is 3.12. The Morgan fingerprint density at radius 2 is 1.80 bits per heavy atom. The molecule has 0 spiro atoms. The fourth-order valence-electron chi connectivity index (χ4n) is 1.47. The molecule has 0 fully saturated rings. The third-order valence-electron chi connectivity index (χ3n) is 2.21. The van der Waals surface area contributed by atoms with E-state index in [4.69, 9.17) is 0 Å². The Morgan fingerprint density at radius 3 is 2.33 bits per heavy atom. The summed E-state index contributed by atoms with van der Waals surface area (Å²) in [6.45, 7) is 0. The van der Waals surface area contributed by atoms with E-state index in [-0.39, 0.29) is 11.8 Å². The van der Waals surface area contributed by atoms with E-state index in [0.29, 0.717) is 11.4 Å². The molecule has 0 unspecified atom stereocenters. The van der Waals surface area contributed by atoms with Gasteiger partial charge in [-0.2, -0.15) is 0 Å². The van der Waals surface area contributed by atoms with Crippen molar-refractivity contribution >= 4 is 17.5 Å². The zero-order valence-corrected chi connectivity index (χ0v) is 8.23. The number of anilines is 1. The van der Waals surface area contributed by atoms with Crippen molar-refractivity contribution in [1.29, 1.82) is 0 Å². The summed E-state index contributed by atoms with van der Waals surface area (Å²) in [6, 6.07) is 8.85. The van der Waals surface area contributed by atoms with Gasteiger partial charge in [0.1, 0.15) is 5.70 Å². The van der Waals surface area contributed by atoms with Crippen molar-refractivity contribution in [1.82, 2.24) is 5.32 Å². The van der Waals surface area contributed by atoms with Crippen LogP contribution in [0.15, 0.2) is 42.1 Å². The topological polar surface area (TPSA) is 49.4 Å². The standard InChI is InChI=1S/C11H10N2O2/c1-12-9-7-10(14)13(11(9)15)8-5-3-2-4-6-8/h2-7,12H,1H3. The van der Waals surface area contributed by atoms with E-state index in [2.05, 4.69) is 5.32 Å². The van der Waals surface area contributed by atoms with Crippen LogP contribution in [0.25, 0.3) is 0 Å². The highest BCUT2D eigenvalue weighted by molar-refractivity contribution is 6.30. The van der Waals surface area contributed by atoms with Crippen molar-refractivity contribution in [2.75, 3.05) is 11.9 Å². The summed E-state index contributed by atoms with van der Waals surface area (Å²) in [5.41, 5.74) is 0.915. The molecule has 0 radical (unpaired) electrons. The molecule has 1 heterocycles. The maximum absolute atomic E-state index is 11.7. The van der Waals surface area contributed by atoms with Crippen molar-refractivity contribution < 1.29 is 9.59 Å². The van der Waals surface area contributed by atoms with Crippen molar-refractivity contribution in [3.63, 3.8) is 0 Å². The van der Waals surface area contributed by atoms with Crippen LogP contribution >= 0.6 is 0 Å². The largest absolute Gasteiger partial charge is 0.383 e. The number of imide groups is 1. The van der Waals surface area contributed by atoms with Gasteiger partial charge >= 0.3 is 0 Å². The molecule has 2 rings (SSSR count). The Balaban J connectivity index is 2.35. The number of amides is 2. The predicted molar refractivity (Wildman–Crippen MR) is 56.1 cm³/mol. The van der Waals surface area contributed by atoms with Crippen LogP contribution < -0.4 is 10.2 Å². The summed E-state index contributed by atoms with van der Waals surface area (Å²) in [5.74, 6) is -0.621. The van der Waals surface area contributed by atoms with Gasteiger partial charge in [0, 0.05) is 13.1 Å². The Labute approximate surface area is 87.2 Å². The fraction of sp³-hybridized carbons (Fsp3) is 0.0909. The van der Waals surface area contributed by atoms with Crippen LogP contribution in [-0.4, -0.2) is 18.9 Å². The molecule has 4 heteroatoms. The summed E-state index contributed by atoms with van der Waals surface area (Å²) in [5, 5.41) is 2.69. The smallest absolute Gasteiger partial charge is 0.281 e. The summed E-state index contributed by atoms with van der Waals surface area (Å²) >= 11 is 0. The number of benzene rings is 1. The molecule has 1 aliphatic heterocycles. The highest BCUT2D eigenvalue weighted by Gasteiger charge is 2.31. The molecule has 0 aromatic heterocycles. The first-order valence-electron chi connectivity index (χ1n) is 4.57. The first-order chi connectivity index (χ1) is 7.24. The number of para-hydroxylation sites is 1. The SMILES string of the molecule is CNC1=CC(=O)N(c2ccccc2)C1=O. The highest BCUT2D eigenvalue weighted by Crippen LogP contribution is 2.20. The molecule has 15 heavy (non-hydrogen) atoms. The Morgan fingerprint density at radius 1 is 1.13 bits per heavy atom. The lowest BCUT2D eigenvalue weighted by molar-refractivity contribution is -0.120. The molecule has 1 N–H and O–H groups in total. The van der Waals surface area contributed by atoms with E-state index in [0.717, 1.165) is 4.90 Å². The summed E-state index contributed by atoms with van der Waals surface area (Å²) in [6.07, 6.45) is 1.30. The lowest BCUT2D eigenvalue weighted by Crippen LogP contribution is -2.32. The average Bonchev–Trinajstić information content (AvgIpc) is 2.55. The number of hydrogen-bond donors (Lipinski definition) is 1. The quantitative estimate of drug-likeness (QED) is 0.717. The molecule has 0 bridgehead atoms. The van der Waals surface area contributed by atoms with Gasteiger partial charge in [0.25, 0.3) is 11.8 Å². The molecule has 0 saturated heterocycles. The number of nitrogens with one attached hydrogen (secondary N) is 1. The number of carbonyl (C=O) groups excluding carboxylic acids is 2. The summed E-state index contributed by atoms with van der Waals surface area (Å²) in [4.78, 5) is 24.4. The van der Waals surface area contributed by atoms with Gasteiger partial charge in [0.15, 0.2) is 0 Å². The van der Waals surface area contributed by atoms with Crippen LogP contribution in [0, 0.1) is 0 Å². The second-order valence-electron chi connectivity index (χ2n) is 3.12. The second kappa shape index (κ2) is 3.57. The molecular weight excluding hydrogens is 192 g/mol. The molecule has 1 aliphatic rings. The van der Waals surface area contributed by atoms with Crippen molar-refractivity contribution in [2.24, 2.45) is 0 Å². The van der Waals surface area contributed by atoms with E-state index < -0.39 is 0 Å². The number of nitrogens with zero attached hydrogens (tertiary/aromatic N) is 1. The van der Waals surface area contributed by atoms with E-state index in [1.165, 1.54) is 6.08 Å². The maximum atomic E-state index is 11.7. The lowest BCUT2D eigenvalue weighted by atomic mass is 10.3. The third kappa shape index (κ3) is 1.50. The molecule has 2 amide bonds. The molecule has 0 aliphatic carbocycles. The lowest BCUT2D eigenvalue weighted by Gasteiger charge is -2.14. The van der Waals surface area contributed by atoms with Crippen molar-refractivity contribution in [3.8, 4) is 0 Å². The van der Waals surface area contributed by atoms with E-state index in [9.17, 15) is 9.59 Å². The average molecular weight is 202 g/mol. The van der Waals surface area contributed by atoms with Crippen LogP contribution in [0.1, 0.15) is 0 Å². The van der Waals surface area contributed by atoms with E-state index >= 15 is 0 Å². The molecule has 0 atom stereocenters. The maximum Gasteiger partial charge on any atom is 0.281 e. The number of rotatable bonds is 2. The molecule has 4 nitrogen and oxygen atoms in total. The van der Waals surface area contributed by atoms with Gasteiger partial charge in [0.2, 0.25) is 0 Å².